The van der Waals surface area contributed by atoms with Crippen molar-refractivity contribution in [3.63, 3.8) is 0 Å². The van der Waals surface area contributed by atoms with E-state index >= 15 is 0 Å². The van der Waals surface area contributed by atoms with Gasteiger partial charge >= 0.3 is 0 Å². The van der Waals surface area contributed by atoms with Crippen molar-refractivity contribution < 1.29 is 17.6 Å². The smallest absolute Gasteiger partial charge is 0.261 e. The standard InChI is InChI=1S/C22H25FN4O3S/c1-16(2)21(15-24)26-11-13-27(14-12-26)22(28)17-3-7-19(8-4-17)25-31(29,30)20-9-5-18(23)6-10-20/h3-10,16,21,25H,11-14H2,1-2H3. The fourth-order valence-electron chi connectivity index (χ4n) is 3.55. The zero-order valence-electron chi connectivity index (χ0n) is 17.5. The van der Waals surface area contributed by atoms with Gasteiger partial charge in [0.2, 0.25) is 0 Å². The van der Waals surface area contributed by atoms with E-state index in [0.29, 0.717) is 37.4 Å². The second-order valence-electron chi connectivity index (χ2n) is 7.78. The molecule has 1 aliphatic heterocycles. The number of sulfonamides is 1. The molecule has 1 heterocycles. The van der Waals surface area contributed by atoms with Gasteiger partial charge in [0.25, 0.3) is 15.9 Å². The van der Waals surface area contributed by atoms with Crippen LogP contribution in [0.2, 0.25) is 0 Å². The average molecular weight is 445 g/mol. The van der Waals surface area contributed by atoms with E-state index in [1.807, 2.05) is 13.8 Å². The Balaban J connectivity index is 1.62. The Morgan fingerprint density at radius 3 is 2.13 bits per heavy atom. The van der Waals surface area contributed by atoms with Gasteiger partial charge in [-0.2, -0.15) is 5.26 Å². The number of carbonyl (C=O) groups excluding carboxylic acids is 1. The van der Waals surface area contributed by atoms with E-state index in [0.717, 1.165) is 12.1 Å². The number of halogens is 1. The largest absolute Gasteiger partial charge is 0.336 e. The lowest BCUT2D eigenvalue weighted by Gasteiger charge is -2.38. The summed E-state index contributed by atoms with van der Waals surface area (Å²) in [5.41, 5.74) is 0.762. The predicted octanol–water partition coefficient (Wildman–Crippen LogP) is 2.93. The first-order valence-corrected chi connectivity index (χ1v) is 11.5. The molecule has 0 spiro atoms. The van der Waals surface area contributed by atoms with Crippen LogP contribution < -0.4 is 4.72 Å². The summed E-state index contributed by atoms with van der Waals surface area (Å²) in [4.78, 5) is 16.6. The number of anilines is 1. The van der Waals surface area contributed by atoms with Gasteiger partial charge in [0.15, 0.2) is 0 Å². The van der Waals surface area contributed by atoms with Crippen LogP contribution in [0.15, 0.2) is 53.4 Å². The van der Waals surface area contributed by atoms with Crippen LogP contribution in [-0.2, 0) is 10.0 Å². The molecular weight excluding hydrogens is 419 g/mol. The average Bonchev–Trinajstić information content (AvgIpc) is 2.74. The van der Waals surface area contributed by atoms with Crippen molar-refractivity contribution in [3.05, 3.63) is 59.9 Å². The van der Waals surface area contributed by atoms with Crippen molar-refractivity contribution in [2.45, 2.75) is 24.8 Å². The Kier molecular flexibility index (Phi) is 6.93. The highest BCUT2D eigenvalue weighted by atomic mass is 32.2. The number of carbonyl (C=O) groups is 1. The lowest BCUT2D eigenvalue weighted by atomic mass is 10.0. The van der Waals surface area contributed by atoms with Gasteiger partial charge in [0.1, 0.15) is 11.9 Å². The zero-order chi connectivity index (χ0) is 22.6. The number of hydrogen-bond donors (Lipinski definition) is 1. The summed E-state index contributed by atoms with van der Waals surface area (Å²) in [6.45, 7) is 6.36. The maximum Gasteiger partial charge on any atom is 0.261 e. The molecule has 0 radical (unpaired) electrons. The van der Waals surface area contributed by atoms with Crippen molar-refractivity contribution in [2.75, 3.05) is 30.9 Å². The SMILES string of the molecule is CC(C)C(C#N)N1CCN(C(=O)c2ccc(NS(=O)(=O)c3ccc(F)cc3)cc2)CC1. The molecule has 3 rings (SSSR count). The van der Waals surface area contributed by atoms with Gasteiger partial charge in [0.05, 0.1) is 11.0 Å². The van der Waals surface area contributed by atoms with Crippen LogP contribution in [0.1, 0.15) is 24.2 Å². The number of rotatable bonds is 6. The summed E-state index contributed by atoms with van der Waals surface area (Å²) in [5.74, 6) is -0.431. The molecular formula is C22H25FN4O3S. The van der Waals surface area contributed by atoms with Gasteiger partial charge in [-0.3, -0.25) is 14.4 Å². The number of nitrogens with one attached hydrogen (secondary N) is 1. The van der Waals surface area contributed by atoms with Crippen molar-refractivity contribution in [3.8, 4) is 6.07 Å². The summed E-state index contributed by atoms with van der Waals surface area (Å²) < 4.78 is 40.2. The highest BCUT2D eigenvalue weighted by molar-refractivity contribution is 7.92. The minimum absolute atomic E-state index is 0.0519. The Labute approximate surface area is 182 Å². The van der Waals surface area contributed by atoms with Gasteiger partial charge in [-0.1, -0.05) is 13.8 Å². The molecule has 1 saturated heterocycles. The topological polar surface area (TPSA) is 93.5 Å². The number of hydrogen-bond acceptors (Lipinski definition) is 5. The molecule has 7 nitrogen and oxygen atoms in total. The van der Waals surface area contributed by atoms with Crippen LogP contribution >= 0.6 is 0 Å². The maximum atomic E-state index is 13.0. The molecule has 2 aromatic rings. The Morgan fingerprint density at radius 1 is 1.03 bits per heavy atom. The number of amides is 1. The van der Waals surface area contributed by atoms with Gasteiger partial charge in [0, 0.05) is 37.4 Å². The molecule has 1 N–H and O–H groups in total. The Morgan fingerprint density at radius 2 is 1.61 bits per heavy atom. The van der Waals surface area contributed by atoms with Gasteiger partial charge in [-0.05, 0) is 54.4 Å². The monoisotopic (exact) mass is 444 g/mol. The third-order valence-corrected chi connectivity index (χ3v) is 6.66. The van der Waals surface area contributed by atoms with Crippen LogP contribution in [0.4, 0.5) is 10.1 Å². The molecule has 1 fully saturated rings. The van der Waals surface area contributed by atoms with Crippen molar-refractivity contribution in [1.82, 2.24) is 9.80 Å². The molecule has 0 aromatic heterocycles. The third kappa shape index (κ3) is 5.40. The summed E-state index contributed by atoms with van der Waals surface area (Å²) >= 11 is 0. The molecule has 1 amide bonds. The third-order valence-electron chi connectivity index (χ3n) is 5.27. The number of nitriles is 1. The highest BCUT2D eigenvalue weighted by Crippen LogP contribution is 2.19. The van der Waals surface area contributed by atoms with Crippen LogP contribution in [0.3, 0.4) is 0 Å². The van der Waals surface area contributed by atoms with Gasteiger partial charge in [-0.25, -0.2) is 12.8 Å². The van der Waals surface area contributed by atoms with Crippen LogP contribution in [0, 0.1) is 23.1 Å². The van der Waals surface area contributed by atoms with E-state index in [2.05, 4.69) is 15.7 Å². The Bertz CT molecular complexity index is 1060. The minimum Gasteiger partial charge on any atom is -0.336 e. The second kappa shape index (κ2) is 9.45. The second-order valence-corrected chi connectivity index (χ2v) is 9.47. The molecule has 0 aliphatic carbocycles. The molecule has 1 atom stereocenters. The van der Waals surface area contributed by atoms with Crippen LogP contribution in [0.25, 0.3) is 0 Å². The number of nitrogens with zero attached hydrogens (tertiary/aromatic N) is 3. The minimum atomic E-state index is -3.85. The molecule has 0 bridgehead atoms. The highest BCUT2D eigenvalue weighted by Gasteiger charge is 2.28. The number of benzene rings is 2. The molecule has 2 aromatic carbocycles. The molecule has 31 heavy (non-hydrogen) atoms. The van der Waals surface area contributed by atoms with Crippen molar-refractivity contribution >= 4 is 21.6 Å². The van der Waals surface area contributed by atoms with E-state index in [-0.39, 0.29) is 22.8 Å². The van der Waals surface area contributed by atoms with E-state index in [9.17, 15) is 22.9 Å². The lowest BCUT2D eigenvalue weighted by molar-refractivity contribution is 0.0577. The van der Waals surface area contributed by atoms with E-state index in [1.54, 1.807) is 17.0 Å². The zero-order valence-corrected chi connectivity index (χ0v) is 18.3. The number of piperazine rings is 1. The Hall–Kier alpha value is -2.96. The molecule has 0 saturated carbocycles. The van der Waals surface area contributed by atoms with E-state index in [4.69, 9.17) is 0 Å². The maximum absolute atomic E-state index is 13.0. The summed E-state index contributed by atoms with van der Waals surface area (Å²) in [5, 5.41) is 9.36. The fraction of sp³-hybridized carbons (Fsp3) is 0.364. The quantitative estimate of drug-likeness (QED) is 0.739. The van der Waals surface area contributed by atoms with Crippen LogP contribution in [0.5, 0.6) is 0 Å². The van der Waals surface area contributed by atoms with E-state index in [1.165, 1.54) is 24.3 Å². The molecule has 1 aliphatic rings. The van der Waals surface area contributed by atoms with E-state index < -0.39 is 15.8 Å². The van der Waals surface area contributed by atoms with Gasteiger partial charge < -0.3 is 4.90 Å². The fourth-order valence-corrected chi connectivity index (χ4v) is 4.61. The van der Waals surface area contributed by atoms with Crippen molar-refractivity contribution in [2.24, 2.45) is 5.92 Å². The first-order valence-electron chi connectivity index (χ1n) is 10.0. The normalized spacial score (nSPS) is 16.0. The lowest BCUT2D eigenvalue weighted by Crippen LogP contribution is -2.52. The predicted molar refractivity (Wildman–Crippen MR) is 115 cm³/mol. The first kappa shape index (κ1) is 22.7. The van der Waals surface area contributed by atoms with Gasteiger partial charge in [-0.15, -0.1) is 0 Å². The molecule has 1 unspecified atom stereocenters. The summed E-state index contributed by atoms with van der Waals surface area (Å²) in [6.07, 6.45) is 0. The van der Waals surface area contributed by atoms with Crippen LogP contribution in [-0.4, -0.2) is 56.3 Å². The summed E-state index contributed by atoms with van der Waals surface area (Å²) in [6, 6.07) is 12.9. The summed E-state index contributed by atoms with van der Waals surface area (Å²) in [7, 11) is -3.85. The first-order chi connectivity index (χ1) is 14.7. The molecule has 9 heteroatoms. The van der Waals surface area contributed by atoms with Crippen molar-refractivity contribution in [1.29, 1.82) is 5.26 Å². The molecule has 164 valence electrons.